The van der Waals surface area contributed by atoms with Gasteiger partial charge in [-0.15, -0.1) is 0 Å². The predicted octanol–water partition coefficient (Wildman–Crippen LogP) is 6.86. The summed E-state index contributed by atoms with van der Waals surface area (Å²) in [7, 11) is 0. The highest BCUT2D eigenvalue weighted by Gasteiger charge is 2.35. The van der Waals surface area contributed by atoms with E-state index in [0.29, 0.717) is 44.5 Å². The first-order chi connectivity index (χ1) is 22.4. The second-order valence-corrected chi connectivity index (χ2v) is 13.6. The number of aliphatic hydroxyl groups is 1. The molecule has 0 radical (unpaired) electrons. The molecule has 1 fully saturated rings. The third-order valence-corrected chi connectivity index (χ3v) is 8.95. The summed E-state index contributed by atoms with van der Waals surface area (Å²) in [5.41, 5.74) is 1.25. The molecule has 0 spiro atoms. The van der Waals surface area contributed by atoms with Crippen molar-refractivity contribution in [3.8, 4) is 16.9 Å². The van der Waals surface area contributed by atoms with Crippen LogP contribution in [-0.4, -0.2) is 55.7 Å². The van der Waals surface area contributed by atoms with Crippen molar-refractivity contribution in [2.45, 2.75) is 77.1 Å². The Hall–Kier alpha value is -4.69. The molecule has 1 aromatic heterocycles. The number of carbonyl (C=O) groups is 2. The van der Waals surface area contributed by atoms with Crippen LogP contribution in [0.2, 0.25) is 0 Å². The Morgan fingerprint density at radius 1 is 0.915 bits per heavy atom. The van der Waals surface area contributed by atoms with Crippen molar-refractivity contribution >= 4 is 12.0 Å². The zero-order chi connectivity index (χ0) is 33.6. The second-order valence-electron chi connectivity index (χ2n) is 13.6. The summed E-state index contributed by atoms with van der Waals surface area (Å²) in [5.74, 6) is 0.379. The number of hydrogen-bond acceptors (Lipinski definition) is 5. The lowest BCUT2D eigenvalue weighted by molar-refractivity contribution is -0.136. The third kappa shape index (κ3) is 8.57. The fourth-order valence-corrected chi connectivity index (χ4v) is 6.03. The zero-order valence-electron chi connectivity index (χ0n) is 27.8. The number of aromatic nitrogens is 1. The fourth-order valence-electron chi connectivity index (χ4n) is 6.03. The predicted molar refractivity (Wildman–Crippen MR) is 184 cm³/mol. The lowest BCUT2D eigenvalue weighted by Crippen LogP contribution is -2.49. The zero-order valence-corrected chi connectivity index (χ0v) is 27.8. The van der Waals surface area contributed by atoms with Crippen molar-refractivity contribution in [1.29, 1.82) is 0 Å². The first-order valence-electron chi connectivity index (χ1n) is 16.3. The van der Waals surface area contributed by atoms with E-state index < -0.39 is 17.2 Å². The van der Waals surface area contributed by atoms with Crippen LogP contribution < -0.4 is 10.3 Å². The molecule has 5 rings (SSSR count). The number of benzene rings is 3. The van der Waals surface area contributed by atoms with Crippen molar-refractivity contribution in [2.75, 3.05) is 13.1 Å². The number of carbonyl (C=O) groups excluding carboxylic acids is 2. The van der Waals surface area contributed by atoms with Crippen molar-refractivity contribution in [2.24, 2.45) is 0 Å². The normalized spacial score (nSPS) is 15.1. The van der Waals surface area contributed by atoms with Crippen LogP contribution in [0.5, 0.6) is 5.75 Å². The van der Waals surface area contributed by atoms with E-state index in [0.717, 1.165) is 16.7 Å². The molecule has 0 saturated carbocycles. The molecule has 3 aromatic carbocycles. The standard InChI is InChI=1S/C39H45N3O5/c1-29(31-16-10-6-11-17-31)24-35(43)40-22-20-39(46,21-23-40)28-41-27-34(33(25-36(41)44)32-18-12-7-13-19-32)47-37(45)42(38(2,3)4)26-30-14-8-5-9-15-30/h5-19,25,27,29,46H,20-24,26,28H2,1-4H3/t29-/m1/s1. The monoisotopic (exact) mass is 635 g/mol. The SMILES string of the molecule is C[C@H](CC(=O)N1CCC(O)(Cn2cc(OC(=O)N(Cc3ccccc3)C(C)(C)C)c(-c3ccccc3)cc2=O)CC1)c1ccccc1. The minimum atomic E-state index is -1.20. The van der Waals surface area contributed by atoms with Crippen LogP contribution in [0.15, 0.2) is 108 Å². The van der Waals surface area contributed by atoms with Crippen LogP contribution >= 0.6 is 0 Å². The van der Waals surface area contributed by atoms with Crippen molar-refractivity contribution in [1.82, 2.24) is 14.4 Å². The molecule has 1 N–H and O–H groups in total. The number of ether oxygens (including phenoxy) is 1. The molecule has 1 atom stereocenters. The number of rotatable bonds is 9. The van der Waals surface area contributed by atoms with Crippen LogP contribution in [0.1, 0.15) is 64.0 Å². The van der Waals surface area contributed by atoms with E-state index in [1.54, 1.807) is 9.80 Å². The molecule has 8 heteroatoms. The average Bonchev–Trinajstić information content (AvgIpc) is 3.06. The van der Waals surface area contributed by atoms with Gasteiger partial charge in [-0.25, -0.2) is 4.79 Å². The highest BCUT2D eigenvalue weighted by Crippen LogP contribution is 2.32. The lowest BCUT2D eigenvalue weighted by atomic mass is 9.90. The first-order valence-corrected chi connectivity index (χ1v) is 16.3. The van der Waals surface area contributed by atoms with E-state index in [1.807, 2.05) is 119 Å². The molecule has 1 saturated heterocycles. The molecule has 2 heterocycles. The number of amides is 2. The van der Waals surface area contributed by atoms with E-state index in [2.05, 4.69) is 0 Å². The van der Waals surface area contributed by atoms with Crippen LogP contribution in [0.25, 0.3) is 11.1 Å². The van der Waals surface area contributed by atoms with Gasteiger partial charge in [-0.3, -0.25) is 14.5 Å². The van der Waals surface area contributed by atoms with Gasteiger partial charge in [-0.2, -0.15) is 0 Å². The van der Waals surface area contributed by atoms with Crippen LogP contribution in [0, 0.1) is 0 Å². The smallest absolute Gasteiger partial charge is 0.408 e. The number of likely N-dealkylation sites (tertiary alicyclic amines) is 1. The summed E-state index contributed by atoms with van der Waals surface area (Å²) >= 11 is 0. The third-order valence-electron chi connectivity index (χ3n) is 8.95. The summed E-state index contributed by atoms with van der Waals surface area (Å²) < 4.78 is 7.51. The summed E-state index contributed by atoms with van der Waals surface area (Å²) in [6.07, 6.45) is 2.04. The van der Waals surface area contributed by atoms with Crippen LogP contribution in [0.4, 0.5) is 4.79 Å². The number of pyridine rings is 1. The topological polar surface area (TPSA) is 92.1 Å². The van der Waals surface area contributed by atoms with Gasteiger partial charge >= 0.3 is 6.09 Å². The molecule has 0 aliphatic carbocycles. The van der Waals surface area contributed by atoms with Crippen LogP contribution in [0.3, 0.4) is 0 Å². The number of piperidine rings is 1. The lowest BCUT2D eigenvalue weighted by Gasteiger charge is -2.39. The fraction of sp³-hybridized carbons (Fsp3) is 0.359. The Morgan fingerprint density at radius 3 is 2.09 bits per heavy atom. The second kappa shape index (κ2) is 14.4. The molecule has 2 amide bonds. The Labute approximate surface area is 277 Å². The quantitative estimate of drug-likeness (QED) is 0.217. The van der Waals surface area contributed by atoms with E-state index in [-0.39, 0.29) is 29.7 Å². The van der Waals surface area contributed by atoms with Gasteiger partial charge in [0.1, 0.15) is 0 Å². The summed E-state index contributed by atoms with van der Waals surface area (Å²) in [6.45, 7) is 9.06. The number of hydrogen-bond donors (Lipinski definition) is 1. The van der Waals surface area contributed by atoms with Gasteiger partial charge in [0.2, 0.25) is 5.91 Å². The maximum Gasteiger partial charge on any atom is 0.416 e. The Balaban J connectivity index is 1.34. The van der Waals surface area contributed by atoms with Gasteiger partial charge in [0.15, 0.2) is 5.75 Å². The summed E-state index contributed by atoms with van der Waals surface area (Å²) in [6, 6.07) is 30.5. The molecule has 0 bridgehead atoms. The van der Waals surface area contributed by atoms with E-state index in [9.17, 15) is 19.5 Å². The summed E-state index contributed by atoms with van der Waals surface area (Å²) in [5, 5.41) is 11.6. The van der Waals surface area contributed by atoms with E-state index in [4.69, 9.17) is 4.74 Å². The molecular formula is C39H45N3O5. The van der Waals surface area contributed by atoms with Crippen molar-refractivity contribution in [3.63, 3.8) is 0 Å². The maximum atomic E-state index is 13.8. The average molecular weight is 636 g/mol. The minimum Gasteiger partial charge on any atom is -0.408 e. The van der Waals surface area contributed by atoms with E-state index >= 15 is 0 Å². The molecule has 1 aliphatic rings. The summed E-state index contributed by atoms with van der Waals surface area (Å²) in [4.78, 5) is 43.8. The first kappa shape index (κ1) is 33.7. The molecule has 4 aromatic rings. The van der Waals surface area contributed by atoms with Crippen molar-refractivity contribution < 1.29 is 19.4 Å². The highest BCUT2D eigenvalue weighted by atomic mass is 16.6. The Kier molecular flexibility index (Phi) is 10.3. The molecule has 47 heavy (non-hydrogen) atoms. The van der Waals surface area contributed by atoms with Gasteiger partial charge in [-0.1, -0.05) is 97.9 Å². The molecule has 8 nitrogen and oxygen atoms in total. The molecule has 0 unspecified atom stereocenters. The van der Waals surface area contributed by atoms with Crippen molar-refractivity contribution in [3.05, 3.63) is 125 Å². The highest BCUT2D eigenvalue weighted by molar-refractivity contribution is 5.78. The molecular weight excluding hydrogens is 590 g/mol. The van der Waals surface area contributed by atoms with Gasteiger partial charge in [0.25, 0.3) is 5.56 Å². The minimum absolute atomic E-state index is 0.0148. The maximum absolute atomic E-state index is 13.8. The Bertz CT molecular complexity index is 1710. The van der Waals surface area contributed by atoms with Gasteiger partial charge < -0.3 is 19.3 Å². The van der Waals surface area contributed by atoms with Gasteiger partial charge in [-0.05, 0) is 56.2 Å². The van der Waals surface area contributed by atoms with Gasteiger partial charge in [0, 0.05) is 43.2 Å². The van der Waals surface area contributed by atoms with E-state index in [1.165, 1.54) is 16.8 Å². The molecule has 246 valence electrons. The largest absolute Gasteiger partial charge is 0.416 e. The molecule has 1 aliphatic heterocycles. The van der Waals surface area contributed by atoms with Crippen LogP contribution in [-0.2, 0) is 17.9 Å². The Morgan fingerprint density at radius 2 is 1.49 bits per heavy atom. The van der Waals surface area contributed by atoms with Gasteiger partial charge in [0.05, 0.1) is 18.3 Å². The number of nitrogens with zero attached hydrogens (tertiary/aromatic N) is 3.